The molecule has 0 bridgehead atoms. The van der Waals surface area contributed by atoms with E-state index in [0.717, 1.165) is 39.4 Å². The number of carbonyl (C=O) groups is 1. The molecule has 0 atom stereocenters. The summed E-state index contributed by atoms with van der Waals surface area (Å²) >= 11 is 0. The zero-order valence-electron chi connectivity index (χ0n) is 20.5. The summed E-state index contributed by atoms with van der Waals surface area (Å²) in [6, 6.07) is 24.1. The quantitative estimate of drug-likeness (QED) is 0.263. The third kappa shape index (κ3) is 6.03. The fraction of sp³-hybridized carbons (Fsp3) is 0.207. The number of amides is 1. The van der Waals surface area contributed by atoms with Crippen LogP contribution in [0.1, 0.15) is 42.0 Å². The Labute approximate surface area is 206 Å². The topological polar surface area (TPSA) is 68.5 Å². The highest BCUT2D eigenvalue weighted by molar-refractivity contribution is 5.89. The van der Waals surface area contributed by atoms with Crippen molar-refractivity contribution in [1.29, 1.82) is 0 Å². The lowest BCUT2D eigenvalue weighted by Crippen LogP contribution is -2.25. The minimum absolute atomic E-state index is 0.116. The highest BCUT2D eigenvalue weighted by Gasteiger charge is 2.12. The molecule has 35 heavy (non-hydrogen) atoms. The van der Waals surface area contributed by atoms with Gasteiger partial charge < -0.3 is 4.74 Å². The number of nitrogens with zero attached hydrogens (tertiary/aromatic N) is 3. The molecule has 178 valence electrons. The molecule has 1 aromatic heterocycles. The Morgan fingerprint density at radius 3 is 2.46 bits per heavy atom. The van der Waals surface area contributed by atoms with E-state index in [0.29, 0.717) is 5.92 Å². The van der Waals surface area contributed by atoms with Gasteiger partial charge in [0, 0.05) is 17.3 Å². The van der Waals surface area contributed by atoms with Crippen molar-refractivity contribution in [3.05, 3.63) is 101 Å². The zero-order chi connectivity index (χ0) is 24.8. The second-order valence-corrected chi connectivity index (χ2v) is 8.86. The Morgan fingerprint density at radius 1 is 1.03 bits per heavy atom. The molecule has 0 aliphatic heterocycles. The average molecular weight is 467 g/mol. The first-order chi connectivity index (χ1) is 16.9. The van der Waals surface area contributed by atoms with Crippen LogP contribution in [0.5, 0.6) is 5.75 Å². The van der Waals surface area contributed by atoms with E-state index >= 15 is 0 Å². The number of hydrogen-bond donors (Lipinski definition) is 1. The number of rotatable bonds is 8. The number of carbonyl (C=O) groups excluding carboxylic acids is 1. The van der Waals surface area contributed by atoms with Crippen molar-refractivity contribution in [3.8, 4) is 22.7 Å². The molecular formula is C29H30N4O2. The number of aromatic nitrogens is 2. The van der Waals surface area contributed by atoms with E-state index in [4.69, 9.17) is 9.84 Å². The largest absolute Gasteiger partial charge is 0.483 e. The summed E-state index contributed by atoms with van der Waals surface area (Å²) in [4.78, 5) is 12.4. The second kappa shape index (κ2) is 10.8. The van der Waals surface area contributed by atoms with Crippen LogP contribution in [0.4, 0.5) is 0 Å². The molecule has 1 amide bonds. The normalized spacial score (nSPS) is 11.2. The number of aryl methyl sites for hydroxylation is 2. The number of hydrogen-bond acceptors (Lipinski definition) is 4. The van der Waals surface area contributed by atoms with E-state index in [1.807, 2.05) is 97.5 Å². The molecule has 1 heterocycles. The second-order valence-electron chi connectivity index (χ2n) is 8.86. The van der Waals surface area contributed by atoms with Crippen molar-refractivity contribution >= 4 is 12.1 Å². The monoisotopic (exact) mass is 466 g/mol. The number of nitrogens with one attached hydrogen (secondary N) is 1. The van der Waals surface area contributed by atoms with Gasteiger partial charge in [0.15, 0.2) is 6.61 Å². The molecule has 0 unspecified atom stereocenters. The van der Waals surface area contributed by atoms with Gasteiger partial charge in [-0.1, -0.05) is 74.0 Å². The molecule has 6 heteroatoms. The molecule has 4 aromatic rings. The molecule has 6 nitrogen and oxygen atoms in total. The molecule has 1 N–H and O–H groups in total. The van der Waals surface area contributed by atoms with Crippen LogP contribution in [0.25, 0.3) is 16.9 Å². The molecular weight excluding hydrogens is 436 g/mol. The number of ether oxygens (including phenoxy) is 1. The first-order valence-corrected chi connectivity index (χ1v) is 11.7. The molecule has 0 radical (unpaired) electrons. The molecule has 3 aromatic carbocycles. The lowest BCUT2D eigenvalue weighted by Gasteiger charge is -2.14. The summed E-state index contributed by atoms with van der Waals surface area (Å²) in [6.07, 6.45) is 3.52. The van der Waals surface area contributed by atoms with Gasteiger partial charge in [0.05, 0.1) is 11.9 Å². The predicted molar refractivity (Wildman–Crippen MR) is 140 cm³/mol. The van der Waals surface area contributed by atoms with Crippen molar-refractivity contribution in [3.63, 3.8) is 0 Å². The molecule has 0 saturated carbocycles. The maximum atomic E-state index is 12.4. The lowest BCUT2D eigenvalue weighted by molar-refractivity contribution is -0.123. The summed E-state index contributed by atoms with van der Waals surface area (Å²) < 4.78 is 7.62. The molecule has 4 rings (SSSR count). The van der Waals surface area contributed by atoms with Crippen LogP contribution in [0.3, 0.4) is 0 Å². The molecule has 0 saturated heterocycles. The van der Waals surface area contributed by atoms with E-state index in [9.17, 15) is 4.79 Å². The van der Waals surface area contributed by atoms with Crippen LogP contribution in [-0.2, 0) is 4.79 Å². The van der Waals surface area contributed by atoms with Crippen molar-refractivity contribution in [2.24, 2.45) is 5.10 Å². The molecule has 0 spiro atoms. The van der Waals surface area contributed by atoms with Crippen LogP contribution < -0.4 is 10.2 Å². The number of hydrazone groups is 1. The Morgan fingerprint density at radius 2 is 1.74 bits per heavy atom. The van der Waals surface area contributed by atoms with E-state index < -0.39 is 0 Å². The van der Waals surface area contributed by atoms with Gasteiger partial charge in [-0.2, -0.15) is 10.2 Å². The highest BCUT2D eigenvalue weighted by atomic mass is 16.5. The molecule has 0 aliphatic carbocycles. The molecule has 0 aliphatic rings. The van der Waals surface area contributed by atoms with Crippen LogP contribution in [-0.4, -0.2) is 28.5 Å². The van der Waals surface area contributed by atoms with Gasteiger partial charge in [0.1, 0.15) is 11.4 Å². The van der Waals surface area contributed by atoms with E-state index in [2.05, 4.69) is 24.4 Å². The van der Waals surface area contributed by atoms with Crippen molar-refractivity contribution in [2.75, 3.05) is 6.61 Å². The van der Waals surface area contributed by atoms with Gasteiger partial charge in [-0.25, -0.2) is 10.1 Å². The maximum absolute atomic E-state index is 12.4. The third-order valence-electron chi connectivity index (χ3n) is 5.63. The average Bonchev–Trinajstić information content (AvgIpc) is 3.28. The Kier molecular flexibility index (Phi) is 7.41. The van der Waals surface area contributed by atoms with Gasteiger partial charge in [-0.3, -0.25) is 4.79 Å². The summed E-state index contributed by atoms with van der Waals surface area (Å²) in [7, 11) is 0. The first-order valence-electron chi connectivity index (χ1n) is 11.7. The van der Waals surface area contributed by atoms with E-state index in [-0.39, 0.29) is 12.5 Å². The predicted octanol–water partition coefficient (Wildman–Crippen LogP) is 5.81. The smallest absolute Gasteiger partial charge is 0.277 e. The zero-order valence-corrected chi connectivity index (χ0v) is 20.5. The van der Waals surface area contributed by atoms with E-state index in [1.54, 1.807) is 6.21 Å². The van der Waals surface area contributed by atoms with Gasteiger partial charge in [0.2, 0.25) is 0 Å². The van der Waals surface area contributed by atoms with Gasteiger partial charge >= 0.3 is 0 Å². The molecule has 0 fully saturated rings. The minimum Gasteiger partial charge on any atom is -0.483 e. The Balaban J connectivity index is 1.49. The van der Waals surface area contributed by atoms with Gasteiger partial charge in [-0.05, 0) is 49.1 Å². The van der Waals surface area contributed by atoms with Crippen LogP contribution in [0, 0.1) is 13.8 Å². The first kappa shape index (κ1) is 24.0. The Hall–Kier alpha value is -4.19. The van der Waals surface area contributed by atoms with E-state index in [1.165, 1.54) is 5.56 Å². The van der Waals surface area contributed by atoms with Crippen molar-refractivity contribution < 1.29 is 9.53 Å². The lowest BCUT2D eigenvalue weighted by atomic mass is 10.0. The SMILES string of the molecule is Cc1ccc(-c2nn(-c3ccccc3)cc2/C=N\NC(=O)COc2cc(C)ccc2C(C)C)cc1. The van der Waals surface area contributed by atoms with Gasteiger partial charge in [0.25, 0.3) is 5.91 Å². The number of benzene rings is 3. The minimum atomic E-state index is -0.329. The maximum Gasteiger partial charge on any atom is 0.277 e. The summed E-state index contributed by atoms with van der Waals surface area (Å²) in [5.74, 6) is 0.697. The Bertz CT molecular complexity index is 1320. The standard InChI is InChI=1S/C29H30N4O2/c1-20(2)26-15-12-22(4)16-27(26)35-19-28(34)31-30-17-24-18-33(25-8-6-5-7-9-25)32-29(24)23-13-10-21(3)11-14-23/h5-18,20H,19H2,1-4H3,(H,31,34)/b30-17-. The summed E-state index contributed by atoms with van der Waals surface area (Å²) in [6.45, 7) is 8.14. The van der Waals surface area contributed by atoms with Crippen molar-refractivity contribution in [2.45, 2.75) is 33.6 Å². The van der Waals surface area contributed by atoms with Crippen LogP contribution in [0.15, 0.2) is 84.1 Å². The summed E-state index contributed by atoms with van der Waals surface area (Å²) in [5, 5.41) is 8.96. The van der Waals surface area contributed by atoms with Crippen LogP contribution in [0.2, 0.25) is 0 Å². The number of para-hydroxylation sites is 1. The van der Waals surface area contributed by atoms with Gasteiger partial charge in [-0.15, -0.1) is 0 Å². The third-order valence-corrected chi connectivity index (χ3v) is 5.63. The van der Waals surface area contributed by atoms with Crippen LogP contribution >= 0.6 is 0 Å². The fourth-order valence-corrected chi connectivity index (χ4v) is 3.72. The fourth-order valence-electron chi connectivity index (χ4n) is 3.72. The summed E-state index contributed by atoms with van der Waals surface area (Å²) in [5.41, 5.74) is 9.39. The highest BCUT2D eigenvalue weighted by Crippen LogP contribution is 2.27. The van der Waals surface area contributed by atoms with Crippen molar-refractivity contribution in [1.82, 2.24) is 15.2 Å².